The van der Waals surface area contributed by atoms with Gasteiger partial charge in [-0.25, -0.2) is 0 Å². The van der Waals surface area contributed by atoms with Crippen molar-refractivity contribution in [3.8, 4) is 0 Å². The van der Waals surface area contributed by atoms with Crippen LogP contribution in [0.2, 0.25) is 0 Å². The molecule has 0 radical (unpaired) electrons. The largest absolute Gasteiger partial charge is 0.308 e. The third kappa shape index (κ3) is 9.04. The van der Waals surface area contributed by atoms with E-state index in [-0.39, 0.29) is 24.0 Å². The molecule has 1 atom stereocenters. The van der Waals surface area contributed by atoms with Gasteiger partial charge in [0.05, 0.1) is 0 Å². The molecule has 0 aromatic carbocycles. The maximum Gasteiger partial charge on any atom is 0.0143 e. The first kappa shape index (κ1) is 12.7. The molecule has 1 unspecified atom stereocenters. The third-order valence-corrected chi connectivity index (χ3v) is 1.98. The topological polar surface area (TPSA) is 3.24 Å². The van der Waals surface area contributed by atoms with Crippen molar-refractivity contribution >= 4 is 35.7 Å². The van der Waals surface area contributed by atoms with E-state index in [1.807, 2.05) is 11.8 Å². The summed E-state index contributed by atoms with van der Waals surface area (Å²) in [5.41, 5.74) is 0. The molecule has 0 saturated heterocycles. The van der Waals surface area contributed by atoms with E-state index in [1.165, 1.54) is 6.54 Å². The van der Waals surface area contributed by atoms with Crippen LogP contribution in [-0.2, 0) is 0 Å². The summed E-state index contributed by atoms with van der Waals surface area (Å²) in [5, 5.41) is 0.769. The quantitative estimate of drug-likeness (QED) is 0.714. The monoisotopic (exact) mass is 261 g/mol. The summed E-state index contributed by atoms with van der Waals surface area (Å²) in [6, 6.07) is 0. The molecule has 0 N–H and O–H groups in total. The van der Waals surface area contributed by atoms with E-state index in [4.69, 9.17) is 0 Å². The Morgan fingerprint density at radius 1 is 1.44 bits per heavy atom. The summed E-state index contributed by atoms with van der Waals surface area (Å²) in [5.74, 6) is 0. The Hall–Kier alpha value is 1.04. The fourth-order valence-electron chi connectivity index (χ4n) is 0.589. The minimum Gasteiger partial charge on any atom is -0.308 e. The molecule has 0 spiro atoms. The van der Waals surface area contributed by atoms with Crippen LogP contribution in [0.4, 0.5) is 0 Å². The van der Waals surface area contributed by atoms with Gasteiger partial charge in [0, 0.05) is 11.8 Å². The van der Waals surface area contributed by atoms with Gasteiger partial charge in [0.2, 0.25) is 0 Å². The van der Waals surface area contributed by atoms with Crippen LogP contribution in [0.1, 0.15) is 6.92 Å². The van der Waals surface area contributed by atoms with Crippen molar-refractivity contribution in [3.63, 3.8) is 0 Å². The number of hydrogen-bond donors (Lipinski definition) is 0. The molecule has 0 aromatic heterocycles. The fraction of sp³-hybridized carbons (Fsp3) is 1.00. The summed E-state index contributed by atoms with van der Waals surface area (Å²) in [4.78, 5) is 2.21. The molecule has 0 aliphatic carbocycles. The molecule has 0 amide bonds. The predicted molar refractivity (Wildman–Crippen MR) is 56.9 cm³/mol. The van der Waals surface area contributed by atoms with Crippen LogP contribution in [0, 0.1) is 0 Å². The highest BCUT2D eigenvalue weighted by Gasteiger charge is 1.98. The lowest BCUT2D eigenvalue weighted by Gasteiger charge is -2.13. The zero-order chi connectivity index (χ0) is 6.57. The average Bonchev–Trinajstić information content (AvgIpc) is 1.65. The van der Waals surface area contributed by atoms with E-state index in [2.05, 4.69) is 32.2 Å². The Morgan fingerprint density at radius 3 is 2.00 bits per heavy atom. The zero-order valence-electron chi connectivity index (χ0n) is 6.55. The maximum atomic E-state index is 2.24. The van der Waals surface area contributed by atoms with Crippen LogP contribution in [0.25, 0.3) is 0 Å². The van der Waals surface area contributed by atoms with Crippen molar-refractivity contribution in [3.05, 3.63) is 0 Å². The fourth-order valence-corrected chi connectivity index (χ4v) is 1.04. The van der Waals surface area contributed by atoms with E-state index in [0.717, 1.165) is 5.25 Å². The number of nitrogens with zero attached hydrogens (tertiary/aromatic N) is 1. The smallest absolute Gasteiger partial charge is 0.0143 e. The molecule has 0 saturated carbocycles. The normalized spacial score (nSPS) is 13.0. The third-order valence-electron chi connectivity index (χ3n) is 1.02. The molecule has 0 bridgehead atoms. The van der Waals surface area contributed by atoms with Gasteiger partial charge in [-0.3, -0.25) is 0 Å². The van der Waals surface area contributed by atoms with Crippen molar-refractivity contribution in [2.24, 2.45) is 0 Å². The first-order valence-corrected chi connectivity index (χ1v) is 4.13. The average molecular weight is 261 g/mol. The van der Waals surface area contributed by atoms with Crippen LogP contribution in [-0.4, -0.2) is 37.0 Å². The minimum absolute atomic E-state index is 0. The summed E-state index contributed by atoms with van der Waals surface area (Å²) < 4.78 is 0. The van der Waals surface area contributed by atoms with Crippen LogP contribution >= 0.6 is 35.7 Å². The Balaban J connectivity index is 0. The molecule has 0 aromatic rings. The van der Waals surface area contributed by atoms with Gasteiger partial charge in [-0.1, -0.05) is 6.92 Å². The van der Waals surface area contributed by atoms with Gasteiger partial charge in [0.1, 0.15) is 0 Å². The molecule has 0 heterocycles. The Labute approximate surface area is 79.6 Å². The highest BCUT2D eigenvalue weighted by Crippen LogP contribution is 2.04. The zero-order valence-corrected chi connectivity index (χ0v) is 9.70. The predicted octanol–water partition coefficient (Wildman–Crippen LogP) is 1.92. The number of hydrogen-bond acceptors (Lipinski definition) is 2. The lowest BCUT2D eigenvalue weighted by Crippen LogP contribution is -2.20. The molecule has 3 heteroatoms. The van der Waals surface area contributed by atoms with Gasteiger partial charge in [-0.05, 0) is 20.4 Å². The van der Waals surface area contributed by atoms with Gasteiger partial charge in [0.15, 0.2) is 0 Å². The van der Waals surface area contributed by atoms with Crippen molar-refractivity contribution in [2.45, 2.75) is 12.2 Å². The molecular weight excluding hydrogens is 245 g/mol. The Bertz CT molecular complexity index is 59.0. The second kappa shape index (κ2) is 7.15. The van der Waals surface area contributed by atoms with E-state index in [9.17, 15) is 0 Å². The molecule has 0 aliphatic heterocycles. The Kier molecular flexibility index (Phi) is 10.1. The number of thioether (sulfide) groups is 1. The van der Waals surface area contributed by atoms with Crippen molar-refractivity contribution < 1.29 is 0 Å². The van der Waals surface area contributed by atoms with Crippen molar-refractivity contribution in [2.75, 3.05) is 26.9 Å². The molecule has 0 rings (SSSR count). The van der Waals surface area contributed by atoms with Crippen molar-refractivity contribution in [1.82, 2.24) is 4.90 Å². The number of halogens is 1. The summed E-state index contributed by atoms with van der Waals surface area (Å²) in [7, 11) is 4.21. The van der Waals surface area contributed by atoms with E-state index in [1.54, 1.807) is 0 Å². The van der Waals surface area contributed by atoms with Crippen LogP contribution in [0.5, 0.6) is 0 Å². The van der Waals surface area contributed by atoms with Crippen LogP contribution in [0.15, 0.2) is 0 Å². The summed E-state index contributed by atoms with van der Waals surface area (Å²) >= 11 is 1.91. The van der Waals surface area contributed by atoms with Gasteiger partial charge in [-0.15, -0.1) is 24.0 Å². The second-order valence-corrected chi connectivity index (χ2v) is 3.58. The highest BCUT2D eigenvalue weighted by molar-refractivity contribution is 14.0. The maximum absolute atomic E-state index is 2.24. The lowest BCUT2D eigenvalue weighted by atomic mass is 10.4. The van der Waals surface area contributed by atoms with Crippen molar-refractivity contribution in [1.29, 1.82) is 0 Å². The lowest BCUT2D eigenvalue weighted by molar-refractivity contribution is 0.414. The van der Waals surface area contributed by atoms with Crippen LogP contribution in [0.3, 0.4) is 0 Å². The first-order chi connectivity index (χ1) is 3.66. The van der Waals surface area contributed by atoms with E-state index in [0.29, 0.717) is 0 Å². The first-order valence-electron chi connectivity index (χ1n) is 2.84. The molecule has 58 valence electrons. The standard InChI is InChI=1S/C6H15NS.HI/c1-6(8-4)5-7(2)3;/h6H,5H2,1-4H3;1H. The van der Waals surface area contributed by atoms with Gasteiger partial charge in [0.25, 0.3) is 0 Å². The Morgan fingerprint density at radius 2 is 1.89 bits per heavy atom. The molecular formula is C6H16INS. The summed E-state index contributed by atoms with van der Waals surface area (Å²) in [6.45, 7) is 3.42. The second-order valence-electron chi connectivity index (χ2n) is 2.31. The van der Waals surface area contributed by atoms with E-state index < -0.39 is 0 Å². The number of rotatable bonds is 3. The molecule has 1 nitrogen and oxygen atoms in total. The van der Waals surface area contributed by atoms with Crippen LogP contribution < -0.4 is 0 Å². The molecule has 0 aliphatic rings. The molecule has 0 fully saturated rings. The van der Waals surface area contributed by atoms with Gasteiger partial charge >= 0.3 is 0 Å². The highest BCUT2D eigenvalue weighted by atomic mass is 127. The minimum atomic E-state index is 0. The van der Waals surface area contributed by atoms with Gasteiger partial charge in [-0.2, -0.15) is 11.8 Å². The van der Waals surface area contributed by atoms with E-state index >= 15 is 0 Å². The summed E-state index contributed by atoms with van der Waals surface area (Å²) in [6.07, 6.45) is 2.15. The SMILES string of the molecule is CSC(C)CN(C)C.I. The van der Waals surface area contributed by atoms with Gasteiger partial charge < -0.3 is 4.90 Å². The molecule has 9 heavy (non-hydrogen) atoms.